The fraction of sp³-hybridized carbons (Fsp3) is 0.556. The first-order valence-electron chi connectivity index (χ1n) is 13.1. The summed E-state index contributed by atoms with van der Waals surface area (Å²) in [5.41, 5.74) is 0.532. The largest absolute Gasteiger partial charge is 0.492 e. The monoisotopic (exact) mass is 508 g/mol. The molecule has 1 atom stereocenters. The normalized spacial score (nSPS) is 22.4. The van der Waals surface area contributed by atoms with Crippen LogP contribution in [0.3, 0.4) is 0 Å². The first-order valence-corrected chi connectivity index (χ1v) is 13.1. The summed E-state index contributed by atoms with van der Waals surface area (Å²) in [5, 5.41) is 28.1. The van der Waals surface area contributed by atoms with Gasteiger partial charge < -0.3 is 25.2 Å². The van der Waals surface area contributed by atoms with E-state index in [0.717, 1.165) is 36.6 Å². The van der Waals surface area contributed by atoms with Gasteiger partial charge in [0.2, 0.25) is 11.9 Å². The van der Waals surface area contributed by atoms with E-state index in [0.29, 0.717) is 43.6 Å². The third-order valence-electron chi connectivity index (χ3n) is 7.36. The van der Waals surface area contributed by atoms with Crippen LogP contribution in [0.15, 0.2) is 36.7 Å². The molecule has 0 radical (unpaired) electrons. The second-order valence-electron chi connectivity index (χ2n) is 11.0. The van der Waals surface area contributed by atoms with Gasteiger partial charge in [0.25, 0.3) is 0 Å². The van der Waals surface area contributed by atoms with Gasteiger partial charge >= 0.3 is 0 Å². The molecule has 37 heavy (non-hydrogen) atoms. The number of anilines is 1. The number of carbonyl (C=O) groups excluding carboxylic acids is 1. The Kier molecular flexibility index (Phi) is 7.30. The predicted molar refractivity (Wildman–Crippen MR) is 140 cm³/mol. The maximum Gasteiger partial charge on any atom is 0.225 e. The molecule has 0 unspecified atom stereocenters. The van der Waals surface area contributed by atoms with Crippen molar-refractivity contribution in [2.45, 2.75) is 58.1 Å². The maximum atomic E-state index is 12.8. The molecule has 5 rings (SSSR count). The van der Waals surface area contributed by atoms with Crippen LogP contribution in [0, 0.1) is 11.3 Å². The van der Waals surface area contributed by atoms with Crippen molar-refractivity contribution in [3.05, 3.63) is 36.7 Å². The Labute approximate surface area is 216 Å². The predicted octanol–water partition coefficient (Wildman–Crippen LogP) is 2.78. The van der Waals surface area contributed by atoms with Crippen molar-refractivity contribution in [3.63, 3.8) is 0 Å². The Bertz CT molecular complexity index is 1240. The fourth-order valence-corrected chi connectivity index (χ4v) is 5.06. The first-order chi connectivity index (χ1) is 17.8. The molecular formula is C27H36N6O4. The molecule has 0 bridgehead atoms. The lowest BCUT2D eigenvalue weighted by Crippen LogP contribution is -2.38. The summed E-state index contributed by atoms with van der Waals surface area (Å²) in [7, 11) is 0. The summed E-state index contributed by atoms with van der Waals surface area (Å²) >= 11 is 0. The van der Waals surface area contributed by atoms with Gasteiger partial charge in [-0.25, -0.2) is 9.67 Å². The molecule has 198 valence electrons. The van der Waals surface area contributed by atoms with Crippen LogP contribution >= 0.6 is 0 Å². The molecule has 10 nitrogen and oxygen atoms in total. The van der Waals surface area contributed by atoms with Gasteiger partial charge in [-0.3, -0.25) is 4.79 Å². The number of benzene rings is 1. The number of ether oxygens (including phenoxy) is 1. The van der Waals surface area contributed by atoms with E-state index in [1.807, 2.05) is 43.0 Å². The second kappa shape index (κ2) is 10.6. The zero-order valence-electron chi connectivity index (χ0n) is 21.5. The van der Waals surface area contributed by atoms with E-state index in [2.05, 4.69) is 15.4 Å². The number of fused-ring (bicyclic) bond motifs is 1. The molecule has 0 spiro atoms. The molecule has 1 aliphatic carbocycles. The van der Waals surface area contributed by atoms with Gasteiger partial charge in [-0.2, -0.15) is 10.1 Å². The number of hydrogen-bond acceptors (Lipinski definition) is 8. The van der Waals surface area contributed by atoms with E-state index >= 15 is 0 Å². The van der Waals surface area contributed by atoms with Crippen molar-refractivity contribution in [2.24, 2.45) is 11.3 Å². The number of aliphatic hydroxyl groups is 2. The van der Waals surface area contributed by atoms with E-state index in [9.17, 15) is 15.0 Å². The number of β-amino-alcohol motifs (C(OH)–C–C–N with tert-alkyl or cyclic N) is 1. The molecule has 3 N–H and O–H groups in total. The van der Waals surface area contributed by atoms with Crippen LogP contribution in [0.1, 0.15) is 46.0 Å². The van der Waals surface area contributed by atoms with Crippen LogP contribution in [-0.2, 0) is 4.79 Å². The summed E-state index contributed by atoms with van der Waals surface area (Å²) in [6.45, 7) is 5.47. The van der Waals surface area contributed by atoms with Crippen molar-refractivity contribution in [1.82, 2.24) is 24.6 Å². The lowest BCUT2D eigenvalue weighted by atomic mass is 9.85. The molecule has 2 aliphatic rings. The van der Waals surface area contributed by atoms with Gasteiger partial charge in [-0.05, 0) is 44.2 Å². The molecule has 1 aliphatic heterocycles. The number of amides is 1. The van der Waals surface area contributed by atoms with Crippen LogP contribution < -0.4 is 10.1 Å². The average molecular weight is 509 g/mol. The van der Waals surface area contributed by atoms with Crippen LogP contribution in [0.5, 0.6) is 5.75 Å². The molecule has 1 saturated carbocycles. The Hall–Kier alpha value is -3.24. The van der Waals surface area contributed by atoms with Crippen LogP contribution in [0.2, 0.25) is 0 Å². The molecule has 3 heterocycles. The van der Waals surface area contributed by atoms with Gasteiger partial charge in [-0.15, -0.1) is 0 Å². The number of nitrogens with one attached hydrogen (secondary N) is 1. The smallest absolute Gasteiger partial charge is 0.225 e. The molecule has 2 fully saturated rings. The lowest BCUT2D eigenvalue weighted by Gasteiger charge is -2.30. The van der Waals surface area contributed by atoms with Crippen molar-refractivity contribution in [1.29, 1.82) is 0 Å². The maximum absolute atomic E-state index is 12.8. The van der Waals surface area contributed by atoms with Crippen molar-refractivity contribution in [2.75, 3.05) is 31.6 Å². The minimum absolute atomic E-state index is 0.0328. The second-order valence-corrected chi connectivity index (χ2v) is 11.0. The number of carbonyl (C=O) groups is 1. The molecule has 10 heteroatoms. The summed E-state index contributed by atoms with van der Waals surface area (Å²) < 4.78 is 7.78. The minimum atomic E-state index is -0.379. The van der Waals surface area contributed by atoms with E-state index in [1.165, 1.54) is 0 Å². The van der Waals surface area contributed by atoms with Gasteiger partial charge in [0, 0.05) is 42.7 Å². The molecule has 2 aromatic heterocycles. The fourth-order valence-electron chi connectivity index (χ4n) is 5.06. The van der Waals surface area contributed by atoms with Crippen LogP contribution in [0.4, 0.5) is 5.95 Å². The Balaban J connectivity index is 1.24. The highest BCUT2D eigenvalue weighted by Crippen LogP contribution is 2.30. The third-order valence-corrected chi connectivity index (χ3v) is 7.36. The number of hydrogen-bond donors (Lipinski definition) is 3. The zero-order valence-corrected chi connectivity index (χ0v) is 21.5. The molecule has 3 aromatic rings. The topological polar surface area (TPSA) is 126 Å². The highest BCUT2D eigenvalue weighted by Gasteiger charge is 2.33. The van der Waals surface area contributed by atoms with Crippen LogP contribution in [-0.4, -0.2) is 79.2 Å². The van der Waals surface area contributed by atoms with Gasteiger partial charge in [-0.1, -0.05) is 19.9 Å². The first kappa shape index (κ1) is 25.4. The van der Waals surface area contributed by atoms with E-state index in [1.54, 1.807) is 17.1 Å². The molecule has 1 amide bonds. The number of aliphatic hydroxyl groups excluding tert-OH is 2. The highest BCUT2D eigenvalue weighted by atomic mass is 16.5. The minimum Gasteiger partial charge on any atom is -0.492 e. The SMILES string of the molecule is CC(C)(CO)COc1cccc2c1cnn2-c1ccnc(N[C@H]2CC[C@H](C(=O)N3CC[C@@H](O)C3)CC2)n1. The molecule has 1 aromatic carbocycles. The quantitative estimate of drug-likeness (QED) is 0.424. The summed E-state index contributed by atoms with van der Waals surface area (Å²) in [4.78, 5) is 23.7. The Morgan fingerprint density at radius 1 is 1.19 bits per heavy atom. The number of likely N-dealkylation sites (tertiary alicyclic amines) is 1. The van der Waals surface area contributed by atoms with E-state index in [4.69, 9.17) is 9.72 Å². The number of rotatable bonds is 8. The Morgan fingerprint density at radius 2 is 2.00 bits per heavy atom. The van der Waals surface area contributed by atoms with E-state index in [-0.39, 0.29) is 36.0 Å². The summed E-state index contributed by atoms with van der Waals surface area (Å²) in [5.74, 6) is 2.12. The Morgan fingerprint density at radius 3 is 2.73 bits per heavy atom. The van der Waals surface area contributed by atoms with Crippen molar-refractivity contribution in [3.8, 4) is 11.6 Å². The molecular weight excluding hydrogens is 472 g/mol. The van der Waals surface area contributed by atoms with Gasteiger partial charge in [0.15, 0.2) is 5.82 Å². The van der Waals surface area contributed by atoms with Crippen LogP contribution in [0.25, 0.3) is 16.7 Å². The summed E-state index contributed by atoms with van der Waals surface area (Å²) in [6, 6.07) is 7.82. The average Bonchev–Trinajstić information content (AvgIpc) is 3.54. The molecule has 1 saturated heterocycles. The number of nitrogens with zero attached hydrogens (tertiary/aromatic N) is 5. The van der Waals surface area contributed by atoms with Gasteiger partial charge in [0.1, 0.15) is 5.75 Å². The highest BCUT2D eigenvalue weighted by molar-refractivity contribution is 5.86. The standard InChI is InChI=1S/C27H36N6O4/c1-27(2,16-34)17-37-23-5-3-4-22-21(23)14-29-33(22)24-10-12-28-26(31-24)30-19-8-6-18(7-9-19)25(36)32-13-11-20(35)15-32/h3-5,10,12,14,18-20,34-35H,6-9,11,13,15-17H2,1-2H3,(H,28,30,31)/t18-,19-,20-/m1/s1. The van der Waals surface area contributed by atoms with Crippen molar-refractivity contribution < 1.29 is 19.7 Å². The van der Waals surface area contributed by atoms with Crippen molar-refractivity contribution >= 4 is 22.8 Å². The third kappa shape index (κ3) is 5.70. The zero-order chi connectivity index (χ0) is 26.0. The number of aromatic nitrogens is 4. The lowest BCUT2D eigenvalue weighted by molar-refractivity contribution is -0.135. The van der Waals surface area contributed by atoms with Gasteiger partial charge in [0.05, 0.1) is 36.4 Å². The summed E-state index contributed by atoms with van der Waals surface area (Å²) in [6.07, 6.45) is 7.17. The van der Waals surface area contributed by atoms with E-state index < -0.39 is 0 Å².